The number of benzene rings is 1. The molecule has 0 saturated heterocycles. The maximum Gasteiger partial charge on any atom is 0.0343 e. The summed E-state index contributed by atoms with van der Waals surface area (Å²) in [6, 6.07) is 10.7. The van der Waals surface area contributed by atoms with E-state index in [0.29, 0.717) is 0 Å². The molecule has 0 fully saturated rings. The van der Waals surface area contributed by atoms with Gasteiger partial charge in [-0.25, -0.2) is 0 Å². The highest BCUT2D eigenvalue weighted by molar-refractivity contribution is 5.73. The van der Waals surface area contributed by atoms with Crippen molar-refractivity contribution in [3.63, 3.8) is 0 Å². The second-order valence-electron chi connectivity index (χ2n) is 4.11. The van der Waals surface area contributed by atoms with Gasteiger partial charge >= 0.3 is 0 Å². The van der Waals surface area contributed by atoms with Crippen LogP contribution >= 0.6 is 0 Å². The van der Waals surface area contributed by atoms with Crippen molar-refractivity contribution in [2.75, 3.05) is 0 Å². The van der Waals surface area contributed by atoms with Crippen LogP contribution in [0.2, 0.25) is 0 Å². The summed E-state index contributed by atoms with van der Waals surface area (Å²) in [7, 11) is 0. The lowest BCUT2D eigenvalue weighted by Gasteiger charge is -2.11. The molecule has 1 heteroatoms. The van der Waals surface area contributed by atoms with Gasteiger partial charge in [-0.3, -0.25) is 4.98 Å². The number of fused-ring (bicyclic) bond motifs is 2. The van der Waals surface area contributed by atoms with Crippen molar-refractivity contribution < 1.29 is 0 Å². The van der Waals surface area contributed by atoms with E-state index in [-0.39, 0.29) is 0 Å². The Labute approximate surface area is 95.5 Å². The van der Waals surface area contributed by atoms with Crippen LogP contribution in [0.5, 0.6) is 0 Å². The number of nitrogens with zero attached hydrogens (tertiary/aromatic N) is 1. The Morgan fingerprint density at radius 2 is 1.56 bits per heavy atom. The number of pyridine rings is 1. The van der Waals surface area contributed by atoms with Gasteiger partial charge in [0.2, 0.25) is 0 Å². The lowest BCUT2D eigenvalue weighted by atomic mass is 9.94. The molecule has 1 nitrogen and oxygen atoms in total. The van der Waals surface area contributed by atoms with E-state index in [9.17, 15) is 0 Å². The Balaban J connectivity index is 2.10. The second-order valence-corrected chi connectivity index (χ2v) is 4.11. The highest BCUT2D eigenvalue weighted by Crippen LogP contribution is 2.21. The predicted octanol–water partition coefficient (Wildman–Crippen LogP) is 3.35. The van der Waals surface area contributed by atoms with Gasteiger partial charge in [-0.2, -0.15) is 0 Å². The smallest absolute Gasteiger partial charge is 0.0343 e. The van der Waals surface area contributed by atoms with Crippen LogP contribution in [0.25, 0.3) is 12.2 Å². The highest BCUT2D eigenvalue weighted by Gasteiger charge is 2.06. The number of aromatic nitrogens is 1. The molecule has 0 bridgehead atoms. The summed E-state index contributed by atoms with van der Waals surface area (Å²) < 4.78 is 0. The molecule has 0 atom stereocenters. The minimum Gasteiger partial charge on any atom is -0.264 e. The summed E-state index contributed by atoms with van der Waals surface area (Å²) in [5, 5.41) is 0. The topological polar surface area (TPSA) is 12.9 Å². The van der Waals surface area contributed by atoms with E-state index in [0.717, 1.165) is 12.8 Å². The fourth-order valence-electron chi connectivity index (χ4n) is 2.19. The van der Waals surface area contributed by atoms with Crippen molar-refractivity contribution in [3.05, 3.63) is 65.0 Å². The lowest BCUT2D eigenvalue weighted by molar-refractivity contribution is 0.947. The molecule has 3 rings (SSSR count). The van der Waals surface area contributed by atoms with Crippen LogP contribution in [-0.4, -0.2) is 4.98 Å². The average molecular weight is 207 g/mol. The van der Waals surface area contributed by atoms with Crippen molar-refractivity contribution in [2.45, 2.75) is 12.8 Å². The first-order valence-electron chi connectivity index (χ1n) is 5.62. The zero-order valence-corrected chi connectivity index (χ0v) is 9.06. The fourth-order valence-corrected chi connectivity index (χ4v) is 2.19. The summed E-state index contributed by atoms with van der Waals surface area (Å²) in [6.45, 7) is 0. The summed E-state index contributed by atoms with van der Waals surface area (Å²) in [4.78, 5) is 4.18. The minimum atomic E-state index is 1.10. The Bertz CT molecular complexity index is 491. The van der Waals surface area contributed by atoms with Gasteiger partial charge in [0, 0.05) is 12.4 Å². The maximum absolute atomic E-state index is 4.18. The van der Waals surface area contributed by atoms with Crippen LogP contribution in [0.1, 0.15) is 22.3 Å². The quantitative estimate of drug-likeness (QED) is 0.645. The van der Waals surface area contributed by atoms with E-state index in [1.54, 1.807) is 0 Å². The molecule has 0 aliphatic heterocycles. The Morgan fingerprint density at radius 3 is 2.50 bits per heavy atom. The van der Waals surface area contributed by atoms with E-state index < -0.39 is 0 Å². The molecule has 0 spiro atoms. The summed E-state index contributed by atoms with van der Waals surface area (Å²) in [5.41, 5.74) is 5.40. The average Bonchev–Trinajstić information content (AvgIpc) is 2.32. The van der Waals surface area contributed by atoms with Crippen LogP contribution in [0.15, 0.2) is 42.7 Å². The monoisotopic (exact) mass is 207 g/mol. The molecule has 0 amide bonds. The molecule has 0 saturated carbocycles. The van der Waals surface area contributed by atoms with Gasteiger partial charge in [0.05, 0.1) is 0 Å². The molecule has 1 aromatic carbocycles. The first kappa shape index (κ1) is 9.34. The van der Waals surface area contributed by atoms with Crippen LogP contribution in [0.4, 0.5) is 0 Å². The molecule has 78 valence electrons. The first-order chi connectivity index (χ1) is 7.93. The number of hydrogen-bond acceptors (Lipinski definition) is 1. The number of hydrogen-bond donors (Lipinski definition) is 0. The van der Waals surface area contributed by atoms with Crippen molar-refractivity contribution >= 4 is 12.2 Å². The second kappa shape index (κ2) is 3.93. The summed E-state index contributed by atoms with van der Waals surface area (Å²) in [5.74, 6) is 0. The van der Waals surface area contributed by atoms with Crippen LogP contribution in [0, 0.1) is 0 Å². The van der Waals surface area contributed by atoms with Crippen LogP contribution in [0.3, 0.4) is 0 Å². The SMILES string of the molecule is C1=C\c2cnccc2CCc2ccccc2/1. The van der Waals surface area contributed by atoms with Gasteiger partial charge in [-0.1, -0.05) is 36.4 Å². The van der Waals surface area contributed by atoms with Gasteiger partial charge < -0.3 is 0 Å². The van der Waals surface area contributed by atoms with Gasteiger partial charge in [-0.15, -0.1) is 0 Å². The van der Waals surface area contributed by atoms with E-state index in [1.807, 2.05) is 12.4 Å². The van der Waals surface area contributed by atoms with Crippen LogP contribution < -0.4 is 0 Å². The molecule has 1 heterocycles. The predicted molar refractivity (Wildman–Crippen MR) is 67.0 cm³/mol. The summed E-state index contributed by atoms with van der Waals surface area (Å²) >= 11 is 0. The minimum absolute atomic E-state index is 1.10. The molecule has 2 aromatic rings. The largest absolute Gasteiger partial charge is 0.264 e. The van der Waals surface area contributed by atoms with E-state index in [4.69, 9.17) is 0 Å². The zero-order valence-electron chi connectivity index (χ0n) is 9.06. The molecule has 0 radical (unpaired) electrons. The molecular formula is C15H13N. The molecule has 0 unspecified atom stereocenters. The zero-order chi connectivity index (χ0) is 10.8. The molecule has 1 aromatic heterocycles. The third-order valence-electron chi connectivity index (χ3n) is 3.11. The van der Waals surface area contributed by atoms with Gasteiger partial charge in [0.25, 0.3) is 0 Å². The third-order valence-corrected chi connectivity index (χ3v) is 3.11. The number of aryl methyl sites for hydroxylation is 2. The molecule has 1 aliphatic carbocycles. The van der Waals surface area contributed by atoms with Crippen molar-refractivity contribution in [2.24, 2.45) is 0 Å². The molecule has 16 heavy (non-hydrogen) atoms. The van der Waals surface area contributed by atoms with E-state index >= 15 is 0 Å². The van der Waals surface area contributed by atoms with Gasteiger partial charge in [0.1, 0.15) is 0 Å². The summed E-state index contributed by atoms with van der Waals surface area (Å²) in [6.07, 6.45) is 10.4. The maximum atomic E-state index is 4.18. The molecule has 1 aliphatic rings. The van der Waals surface area contributed by atoms with Crippen molar-refractivity contribution in [1.29, 1.82) is 0 Å². The Morgan fingerprint density at radius 1 is 0.812 bits per heavy atom. The highest BCUT2D eigenvalue weighted by atomic mass is 14.6. The van der Waals surface area contributed by atoms with E-state index in [1.165, 1.54) is 22.3 Å². The van der Waals surface area contributed by atoms with Gasteiger partial charge in [-0.05, 0) is 41.2 Å². The Kier molecular flexibility index (Phi) is 2.30. The van der Waals surface area contributed by atoms with Crippen molar-refractivity contribution in [1.82, 2.24) is 4.98 Å². The number of rotatable bonds is 0. The van der Waals surface area contributed by atoms with E-state index in [2.05, 4.69) is 47.5 Å². The van der Waals surface area contributed by atoms with Crippen LogP contribution in [-0.2, 0) is 12.8 Å². The van der Waals surface area contributed by atoms with Gasteiger partial charge in [0.15, 0.2) is 0 Å². The lowest BCUT2D eigenvalue weighted by Crippen LogP contribution is -1.99. The Hall–Kier alpha value is -1.89. The molecular weight excluding hydrogens is 194 g/mol. The third kappa shape index (κ3) is 1.65. The standard InChI is InChI=1S/C15H13N/c1-2-4-13-7-8-15-11-16-10-9-14(15)6-5-12(13)3-1/h1-4,7-11H,5-6H2/b8-7-. The van der Waals surface area contributed by atoms with Crippen molar-refractivity contribution in [3.8, 4) is 0 Å². The normalized spacial score (nSPS) is 15.5. The molecule has 0 N–H and O–H groups in total. The first-order valence-corrected chi connectivity index (χ1v) is 5.62. The fraction of sp³-hybridized carbons (Fsp3) is 0.133.